The van der Waals surface area contributed by atoms with Crippen molar-refractivity contribution in [2.24, 2.45) is 0 Å². The molecule has 0 unspecified atom stereocenters. The van der Waals surface area contributed by atoms with Crippen molar-refractivity contribution in [3.05, 3.63) is 71.3 Å². The highest BCUT2D eigenvalue weighted by molar-refractivity contribution is 7.20. The Kier molecular flexibility index (Phi) is 6.66. The number of rotatable bonds is 5. The smallest absolute Gasteiger partial charge is 0.257 e. The predicted octanol–water partition coefficient (Wildman–Crippen LogP) is 4.58. The maximum atomic E-state index is 13.5. The average molecular weight is 490 g/mol. The summed E-state index contributed by atoms with van der Waals surface area (Å²) in [7, 11) is 0. The first kappa shape index (κ1) is 23.3. The average Bonchev–Trinajstić information content (AvgIpc) is 3.47. The molecule has 8 heteroatoms. The summed E-state index contributed by atoms with van der Waals surface area (Å²) in [6, 6.07) is 16.9. The maximum absolute atomic E-state index is 13.5. The molecule has 7 nitrogen and oxygen atoms in total. The van der Waals surface area contributed by atoms with Gasteiger partial charge in [0.15, 0.2) is 0 Å². The predicted molar refractivity (Wildman–Crippen MR) is 137 cm³/mol. The Hall–Kier alpha value is -3.49. The molecule has 0 saturated carbocycles. The molecule has 2 fully saturated rings. The first-order chi connectivity index (χ1) is 17.0. The molecule has 0 atom stereocenters. The molecule has 2 saturated heterocycles. The summed E-state index contributed by atoms with van der Waals surface area (Å²) in [5.74, 6) is -0.278. The van der Waals surface area contributed by atoms with Crippen LogP contribution in [0.2, 0.25) is 0 Å². The van der Waals surface area contributed by atoms with Crippen molar-refractivity contribution in [1.29, 1.82) is 0 Å². The fourth-order valence-corrected chi connectivity index (χ4v) is 5.74. The molecular weight excluding hydrogens is 462 g/mol. The molecular formula is C27H27N3O4S. The molecule has 1 N–H and O–H groups in total. The zero-order valence-electron chi connectivity index (χ0n) is 19.6. The summed E-state index contributed by atoms with van der Waals surface area (Å²) in [4.78, 5) is 43.2. The molecule has 1 aromatic heterocycles. The lowest BCUT2D eigenvalue weighted by Crippen LogP contribution is -2.41. The number of thiophene rings is 1. The minimum absolute atomic E-state index is 0.0950. The monoisotopic (exact) mass is 489 g/mol. The first-order valence-corrected chi connectivity index (χ1v) is 12.6. The quantitative estimate of drug-likeness (QED) is 0.569. The topological polar surface area (TPSA) is 79.0 Å². The molecule has 3 amide bonds. The van der Waals surface area contributed by atoms with Crippen LogP contribution in [0.1, 0.15) is 39.1 Å². The fourth-order valence-electron chi connectivity index (χ4n) is 4.54. The van der Waals surface area contributed by atoms with Gasteiger partial charge in [-0.25, -0.2) is 0 Å². The van der Waals surface area contributed by atoms with E-state index in [0.717, 1.165) is 28.1 Å². The molecule has 2 aromatic carbocycles. The second kappa shape index (κ2) is 10.0. The molecule has 0 bridgehead atoms. The number of hydrogen-bond acceptors (Lipinski definition) is 5. The number of benzene rings is 2. The van der Waals surface area contributed by atoms with E-state index in [0.29, 0.717) is 55.4 Å². The SMILES string of the molecule is Cc1c(-c2ccccc2)sc(NC(=O)c2ccc(N3CCCC3=O)cc2)c1C(=O)N1CCOCC1. The van der Waals surface area contributed by atoms with Gasteiger partial charge in [0.25, 0.3) is 11.8 Å². The van der Waals surface area contributed by atoms with Crippen molar-refractivity contribution in [3.63, 3.8) is 0 Å². The highest BCUT2D eigenvalue weighted by Crippen LogP contribution is 2.40. The summed E-state index contributed by atoms with van der Waals surface area (Å²) in [5, 5.41) is 3.54. The van der Waals surface area contributed by atoms with Crippen molar-refractivity contribution < 1.29 is 19.1 Å². The van der Waals surface area contributed by atoms with Gasteiger partial charge in [0.2, 0.25) is 5.91 Å². The van der Waals surface area contributed by atoms with Gasteiger partial charge in [-0.1, -0.05) is 30.3 Å². The van der Waals surface area contributed by atoms with Crippen LogP contribution in [0, 0.1) is 6.92 Å². The Morgan fingerprint density at radius 2 is 1.69 bits per heavy atom. The molecule has 0 spiro atoms. The number of carbonyl (C=O) groups is 3. The Balaban J connectivity index is 1.44. The van der Waals surface area contributed by atoms with Crippen LogP contribution in [-0.2, 0) is 9.53 Å². The fraction of sp³-hybridized carbons (Fsp3) is 0.296. The molecule has 2 aliphatic rings. The molecule has 3 aromatic rings. The van der Waals surface area contributed by atoms with Crippen molar-refractivity contribution >= 4 is 39.7 Å². The summed E-state index contributed by atoms with van der Waals surface area (Å²) >= 11 is 1.41. The van der Waals surface area contributed by atoms with Gasteiger partial charge in [0.05, 0.1) is 18.8 Å². The number of amides is 3. The van der Waals surface area contributed by atoms with Crippen molar-refractivity contribution in [2.75, 3.05) is 43.1 Å². The van der Waals surface area contributed by atoms with E-state index in [1.165, 1.54) is 11.3 Å². The summed E-state index contributed by atoms with van der Waals surface area (Å²) < 4.78 is 5.41. The third-order valence-corrected chi connectivity index (χ3v) is 7.69. The van der Waals surface area contributed by atoms with E-state index in [2.05, 4.69) is 5.32 Å². The lowest BCUT2D eigenvalue weighted by atomic mass is 10.1. The second-order valence-electron chi connectivity index (χ2n) is 8.68. The number of nitrogens with zero attached hydrogens (tertiary/aromatic N) is 2. The van der Waals surface area contributed by atoms with Crippen LogP contribution < -0.4 is 10.2 Å². The van der Waals surface area contributed by atoms with Gasteiger partial charge in [-0.3, -0.25) is 14.4 Å². The lowest BCUT2D eigenvalue weighted by molar-refractivity contribution is -0.117. The zero-order chi connectivity index (χ0) is 24.4. The van der Waals surface area contributed by atoms with E-state index in [1.807, 2.05) is 37.3 Å². The molecule has 0 radical (unpaired) electrons. The summed E-state index contributed by atoms with van der Waals surface area (Å²) in [6.45, 7) is 4.71. The normalized spacial score (nSPS) is 16.0. The molecule has 0 aliphatic carbocycles. The molecule has 5 rings (SSSR count). The molecule has 35 heavy (non-hydrogen) atoms. The molecule has 2 aliphatic heterocycles. The van der Waals surface area contributed by atoms with E-state index in [4.69, 9.17) is 4.74 Å². The highest BCUT2D eigenvalue weighted by Gasteiger charge is 2.28. The highest BCUT2D eigenvalue weighted by atomic mass is 32.1. The number of ether oxygens (including phenoxy) is 1. The van der Waals surface area contributed by atoms with E-state index in [9.17, 15) is 14.4 Å². The summed E-state index contributed by atoms with van der Waals surface area (Å²) in [5.41, 5.74) is 3.66. The van der Waals surface area contributed by atoms with Crippen molar-refractivity contribution in [3.8, 4) is 10.4 Å². The van der Waals surface area contributed by atoms with Gasteiger partial charge in [-0.2, -0.15) is 0 Å². The number of nitrogens with one attached hydrogen (secondary N) is 1. The van der Waals surface area contributed by atoms with Crippen LogP contribution in [0.4, 0.5) is 10.7 Å². The summed E-state index contributed by atoms with van der Waals surface area (Å²) in [6.07, 6.45) is 1.41. The minimum Gasteiger partial charge on any atom is -0.378 e. The largest absolute Gasteiger partial charge is 0.378 e. The third-order valence-electron chi connectivity index (χ3n) is 6.44. The standard InChI is InChI=1S/C27H27N3O4S/c1-18-23(27(33)29-14-16-34-17-15-29)26(35-24(18)19-6-3-2-4-7-19)28-25(32)20-9-11-21(12-10-20)30-13-5-8-22(30)31/h2-4,6-7,9-12H,5,8,13-17H2,1H3,(H,28,32). The van der Waals surface area contributed by atoms with Gasteiger partial charge >= 0.3 is 0 Å². The van der Waals surface area contributed by atoms with Crippen LogP contribution in [0.25, 0.3) is 10.4 Å². The lowest BCUT2D eigenvalue weighted by Gasteiger charge is -2.27. The van der Waals surface area contributed by atoms with Crippen molar-refractivity contribution in [1.82, 2.24) is 4.90 Å². The van der Waals surface area contributed by atoms with E-state index >= 15 is 0 Å². The Morgan fingerprint density at radius 3 is 2.34 bits per heavy atom. The Bertz CT molecular complexity index is 1250. The first-order valence-electron chi connectivity index (χ1n) is 11.8. The van der Waals surface area contributed by atoms with Crippen LogP contribution in [0.5, 0.6) is 0 Å². The van der Waals surface area contributed by atoms with Gasteiger partial charge in [-0.05, 0) is 48.7 Å². The van der Waals surface area contributed by atoms with Crippen LogP contribution in [0.15, 0.2) is 54.6 Å². The van der Waals surface area contributed by atoms with Gasteiger partial charge in [0, 0.05) is 42.2 Å². The molecule has 3 heterocycles. The van der Waals surface area contributed by atoms with Gasteiger partial charge in [0.1, 0.15) is 5.00 Å². The molecule has 180 valence electrons. The van der Waals surface area contributed by atoms with Gasteiger partial charge in [-0.15, -0.1) is 11.3 Å². The number of carbonyl (C=O) groups excluding carboxylic acids is 3. The van der Waals surface area contributed by atoms with Crippen LogP contribution in [0.3, 0.4) is 0 Å². The van der Waals surface area contributed by atoms with E-state index in [-0.39, 0.29) is 17.7 Å². The van der Waals surface area contributed by atoms with Crippen LogP contribution in [-0.4, -0.2) is 55.5 Å². The minimum atomic E-state index is -0.291. The van der Waals surface area contributed by atoms with Crippen LogP contribution >= 0.6 is 11.3 Å². The third kappa shape index (κ3) is 4.72. The number of morpholine rings is 1. The number of hydrogen-bond donors (Lipinski definition) is 1. The number of anilines is 2. The van der Waals surface area contributed by atoms with E-state index < -0.39 is 0 Å². The Morgan fingerprint density at radius 1 is 0.971 bits per heavy atom. The van der Waals surface area contributed by atoms with E-state index in [1.54, 1.807) is 34.1 Å². The Labute approximate surface area is 208 Å². The zero-order valence-corrected chi connectivity index (χ0v) is 20.4. The second-order valence-corrected chi connectivity index (χ2v) is 9.70. The maximum Gasteiger partial charge on any atom is 0.257 e. The van der Waals surface area contributed by atoms with Gasteiger partial charge < -0.3 is 19.9 Å². The van der Waals surface area contributed by atoms with Crippen molar-refractivity contribution in [2.45, 2.75) is 19.8 Å².